The van der Waals surface area contributed by atoms with Crippen molar-refractivity contribution in [3.63, 3.8) is 0 Å². The fourth-order valence-electron chi connectivity index (χ4n) is 2.95. The highest BCUT2D eigenvalue weighted by Gasteiger charge is 2.33. The zero-order valence-electron chi connectivity index (χ0n) is 11.1. The van der Waals surface area contributed by atoms with Gasteiger partial charge in [0.05, 0.1) is 12.5 Å². The van der Waals surface area contributed by atoms with Crippen LogP contribution >= 0.6 is 0 Å². The smallest absolute Gasteiger partial charge is 0.237 e. The van der Waals surface area contributed by atoms with Crippen molar-refractivity contribution in [1.82, 2.24) is 10.2 Å². The molecule has 6 heteroatoms. The molecule has 3 N–H and O–H groups in total. The number of nitrogens with two attached hydrogens (primary N) is 1. The number of carbonyl (C=O) groups is 3. The Morgan fingerprint density at radius 3 is 2.47 bits per heavy atom. The summed E-state index contributed by atoms with van der Waals surface area (Å²) >= 11 is 0. The van der Waals surface area contributed by atoms with Crippen molar-refractivity contribution >= 4 is 17.7 Å². The molecule has 1 saturated heterocycles. The Hall–Kier alpha value is -1.59. The minimum absolute atomic E-state index is 0.00601. The number of nitrogens with one attached hydrogen (secondary N) is 1. The molecule has 2 fully saturated rings. The molecule has 1 aliphatic heterocycles. The second kappa shape index (κ2) is 6.04. The quantitative estimate of drug-likeness (QED) is 0.737. The summed E-state index contributed by atoms with van der Waals surface area (Å²) in [7, 11) is 0. The first-order valence-corrected chi connectivity index (χ1v) is 6.93. The molecule has 0 radical (unpaired) electrons. The molecule has 1 heterocycles. The highest BCUT2D eigenvalue weighted by atomic mass is 16.2. The summed E-state index contributed by atoms with van der Waals surface area (Å²) in [5.74, 6) is -0.727. The zero-order valence-corrected chi connectivity index (χ0v) is 11.1. The SMILES string of the molecule is NC(=O)CN(C(=O)C1CCC(=O)NC1)C1CCCC1. The molecule has 1 saturated carbocycles. The maximum absolute atomic E-state index is 12.5. The molecular formula is C13H21N3O3. The largest absolute Gasteiger partial charge is 0.368 e. The summed E-state index contributed by atoms with van der Waals surface area (Å²) in [5, 5.41) is 2.71. The lowest BCUT2D eigenvalue weighted by Crippen LogP contribution is -2.50. The van der Waals surface area contributed by atoms with Crippen molar-refractivity contribution in [2.45, 2.75) is 44.6 Å². The molecule has 2 aliphatic rings. The Kier molecular flexibility index (Phi) is 4.39. The second-order valence-corrected chi connectivity index (χ2v) is 5.41. The number of rotatable bonds is 4. The summed E-state index contributed by atoms with van der Waals surface area (Å²) in [6, 6.07) is 0.137. The molecule has 6 nitrogen and oxygen atoms in total. The van der Waals surface area contributed by atoms with Gasteiger partial charge in [-0.1, -0.05) is 12.8 Å². The van der Waals surface area contributed by atoms with E-state index in [0.717, 1.165) is 25.7 Å². The van der Waals surface area contributed by atoms with Crippen LogP contribution in [0.25, 0.3) is 0 Å². The molecule has 0 bridgehead atoms. The van der Waals surface area contributed by atoms with Crippen LogP contribution in [-0.4, -0.2) is 41.8 Å². The number of primary amides is 1. The Morgan fingerprint density at radius 1 is 1.26 bits per heavy atom. The van der Waals surface area contributed by atoms with Crippen molar-refractivity contribution in [1.29, 1.82) is 0 Å². The lowest BCUT2D eigenvalue weighted by Gasteiger charge is -2.32. The van der Waals surface area contributed by atoms with Gasteiger partial charge in [0.15, 0.2) is 0 Å². The van der Waals surface area contributed by atoms with Crippen LogP contribution in [0.5, 0.6) is 0 Å². The van der Waals surface area contributed by atoms with E-state index in [1.165, 1.54) is 0 Å². The summed E-state index contributed by atoms with van der Waals surface area (Å²) in [4.78, 5) is 36.4. The topological polar surface area (TPSA) is 92.5 Å². The standard InChI is InChI=1S/C13H21N3O3/c14-11(17)8-16(10-3-1-2-4-10)13(19)9-5-6-12(18)15-7-9/h9-10H,1-8H2,(H2,14,17)(H,15,18). The van der Waals surface area contributed by atoms with Crippen molar-refractivity contribution < 1.29 is 14.4 Å². The van der Waals surface area contributed by atoms with E-state index < -0.39 is 5.91 Å². The molecular weight excluding hydrogens is 246 g/mol. The Balaban J connectivity index is 2.01. The predicted molar refractivity (Wildman–Crippen MR) is 68.9 cm³/mol. The number of hydrogen-bond donors (Lipinski definition) is 2. The maximum Gasteiger partial charge on any atom is 0.237 e. The van der Waals surface area contributed by atoms with E-state index in [0.29, 0.717) is 19.4 Å². The summed E-state index contributed by atoms with van der Waals surface area (Å²) in [6.07, 6.45) is 5.01. The number of piperidine rings is 1. The van der Waals surface area contributed by atoms with E-state index in [4.69, 9.17) is 5.73 Å². The van der Waals surface area contributed by atoms with E-state index in [9.17, 15) is 14.4 Å². The summed E-state index contributed by atoms with van der Waals surface area (Å²) in [5.41, 5.74) is 5.25. The second-order valence-electron chi connectivity index (χ2n) is 5.41. The molecule has 0 spiro atoms. The Bertz CT molecular complexity index is 367. The average Bonchev–Trinajstić information content (AvgIpc) is 2.89. The first kappa shape index (κ1) is 13.8. The van der Waals surface area contributed by atoms with E-state index in [-0.39, 0.29) is 30.3 Å². The van der Waals surface area contributed by atoms with Crippen molar-refractivity contribution in [2.75, 3.05) is 13.1 Å². The van der Waals surface area contributed by atoms with Crippen molar-refractivity contribution in [2.24, 2.45) is 11.7 Å². The van der Waals surface area contributed by atoms with Crippen LogP contribution in [0, 0.1) is 5.92 Å². The third-order valence-electron chi connectivity index (χ3n) is 3.99. The van der Waals surface area contributed by atoms with Gasteiger partial charge in [0, 0.05) is 19.0 Å². The van der Waals surface area contributed by atoms with Gasteiger partial charge >= 0.3 is 0 Å². The average molecular weight is 267 g/mol. The number of amides is 3. The minimum atomic E-state index is -0.472. The van der Waals surface area contributed by atoms with E-state index in [2.05, 4.69) is 5.32 Å². The molecule has 1 aliphatic carbocycles. The molecule has 1 atom stereocenters. The van der Waals surface area contributed by atoms with Gasteiger partial charge in [-0.05, 0) is 19.3 Å². The highest BCUT2D eigenvalue weighted by Crippen LogP contribution is 2.26. The number of hydrogen-bond acceptors (Lipinski definition) is 3. The van der Waals surface area contributed by atoms with Crippen LogP contribution in [0.2, 0.25) is 0 Å². The molecule has 1 unspecified atom stereocenters. The van der Waals surface area contributed by atoms with Gasteiger partial charge in [-0.3, -0.25) is 14.4 Å². The van der Waals surface area contributed by atoms with Gasteiger partial charge in [-0.2, -0.15) is 0 Å². The number of nitrogens with zero attached hydrogens (tertiary/aromatic N) is 1. The van der Waals surface area contributed by atoms with Gasteiger partial charge in [0.1, 0.15) is 0 Å². The fourth-order valence-corrected chi connectivity index (χ4v) is 2.95. The monoisotopic (exact) mass is 267 g/mol. The predicted octanol–water partition coefficient (Wildman–Crippen LogP) is -0.231. The lowest BCUT2D eigenvalue weighted by molar-refractivity contribution is -0.142. The van der Waals surface area contributed by atoms with Crippen molar-refractivity contribution in [3.05, 3.63) is 0 Å². The third kappa shape index (κ3) is 3.45. The summed E-state index contributed by atoms with van der Waals surface area (Å²) < 4.78 is 0. The highest BCUT2D eigenvalue weighted by molar-refractivity contribution is 5.87. The van der Waals surface area contributed by atoms with Crippen LogP contribution < -0.4 is 11.1 Å². The maximum atomic E-state index is 12.5. The molecule has 19 heavy (non-hydrogen) atoms. The first-order valence-electron chi connectivity index (χ1n) is 6.93. The van der Waals surface area contributed by atoms with Crippen LogP contribution in [0.4, 0.5) is 0 Å². The van der Waals surface area contributed by atoms with Crippen molar-refractivity contribution in [3.8, 4) is 0 Å². The third-order valence-corrected chi connectivity index (χ3v) is 3.99. The van der Waals surface area contributed by atoms with Crippen LogP contribution in [0.3, 0.4) is 0 Å². The summed E-state index contributed by atoms with van der Waals surface area (Å²) in [6.45, 7) is 0.369. The Labute approximate surface area is 112 Å². The molecule has 2 rings (SSSR count). The van der Waals surface area contributed by atoms with Gasteiger partial charge in [0.25, 0.3) is 0 Å². The van der Waals surface area contributed by atoms with E-state index >= 15 is 0 Å². The molecule has 106 valence electrons. The van der Waals surface area contributed by atoms with E-state index in [1.807, 2.05) is 0 Å². The fraction of sp³-hybridized carbons (Fsp3) is 0.769. The van der Waals surface area contributed by atoms with Gasteiger partial charge in [-0.25, -0.2) is 0 Å². The first-order chi connectivity index (χ1) is 9.08. The van der Waals surface area contributed by atoms with Crippen LogP contribution in [-0.2, 0) is 14.4 Å². The Morgan fingerprint density at radius 2 is 1.95 bits per heavy atom. The van der Waals surface area contributed by atoms with Gasteiger partial charge in [-0.15, -0.1) is 0 Å². The zero-order chi connectivity index (χ0) is 13.8. The van der Waals surface area contributed by atoms with Crippen LogP contribution in [0.1, 0.15) is 38.5 Å². The lowest BCUT2D eigenvalue weighted by atomic mass is 9.96. The van der Waals surface area contributed by atoms with E-state index in [1.54, 1.807) is 4.90 Å². The molecule has 3 amide bonds. The van der Waals surface area contributed by atoms with Gasteiger partial charge < -0.3 is 16.0 Å². The molecule has 0 aromatic carbocycles. The molecule has 0 aromatic rings. The molecule has 0 aromatic heterocycles. The van der Waals surface area contributed by atoms with Gasteiger partial charge in [0.2, 0.25) is 17.7 Å². The normalized spacial score (nSPS) is 24.0. The minimum Gasteiger partial charge on any atom is -0.368 e. The van der Waals surface area contributed by atoms with Crippen LogP contribution in [0.15, 0.2) is 0 Å². The number of carbonyl (C=O) groups excluding carboxylic acids is 3.